The first-order valence-electron chi connectivity index (χ1n) is 9.91. The fourth-order valence-electron chi connectivity index (χ4n) is 3.31. The van der Waals surface area contributed by atoms with E-state index in [4.69, 9.17) is 5.73 Å². The molecule has 5 nitrogen and oxygen atoms in total. The first-order valence-corrected chi connectivity index (χ1v) is 9.91. The molecule has 0 aromatic heterocycles. The van der Waals surface area contributed by atoms with Crippen LogP contribution in [0.15, 0.2) is 29.1 Å². The quantitative estimate of drug-likeness (QED) is 0.221. The molecule has 1 aliphatic heterocycles. The summed E-state index contributed by atoms with van der Waals surface area (Å²) in [5.41, 5.74) is 5.54. The van der Waals surface area contributed by atoms with Crippen molar-refractivity contribution in [2.75, 3.05) is 13.6 Å². The van der Waals surface area contributed by atoms with E-state index in [1.165, 1.54) is 11.0 Å². The molecule has 1 saturated heterocycles. The largest absolute Gasteiger partial charge is 0.512 e. The van der Waals surface area contributed by atoms with E-state index in [-0.39, 0.29) is 42.8 Å². The maximum atomic E-state index is 13.3. The fourth-order valence-corrected chi connectivity index (χ4v) is 3.31. The van der Waals surface area contributed by atoms with Gasteiger partial charge in [-0.05, 0) is 18.8 Å². The zero-order valence-corrected chi connectivity index (χ0v) is 18.1. The molecule has 9 heteroatoms. The summed E-state index contributed by atoms with van der Waals surface area (Å²) in [6.07, 6.45) is 1.43. The van der Waals surface area contributed by atoms with Crippen LogP contribution in [0.5, 0.6) is 0 Å². The fraction of sp³-hybridized carbons (Fsp3) is 0.714. The van der Waals surface area contributed by atoms with Crippen LogP contribution in [-0.4, -0.2) is 53.6 Å². The average molecular weight is 436 g/mol. The summed E-state index contributed by atoms with van der Waals surface area (Å²) in [5.74, 6) is -5.20. The predicted molar refractivity (Wildman–Crippen MR) is 110 cm³/mol. The molecule has 2 rings (SSSR count). The Morgan fingerprint density at radius 3 is 2.17 bits per heavy atom. The molecule has 0 unspecified atom stereocenters. The van der Waals surface area contributed by atoms with E-state index in [0.29, 0.717) is 17.8 Å². The van der Waals surface area contributed by atoms with Gasteiger partial charge in [-0.25, -0.2) is 17.6 Å². The van der Waals surface area contributed by atoms with Crippen molar-refractivity contribution in [3.8, 4) is 0 Å². The van der Waals surface area contributed by atoms with Gasteiger partial charge >= 0.3 is 0 Å². The summed E-state index contributed by atoms with van der Waals surface area (Å²) in [4.78, 5) is 15.9. The Morgan fingerprint density at radius 2 is 1.73 bits per heavy atom. The van der Waals surface area contributed by atoms with Crippen LogP contribution in [0, 0.1) is 11.3 Å². The summed E-state index contributed by atoms with van der Waals surface area (Å²) in [7, 11) is 1.59. The van der Waals surface area contributed by atoms with Gasteiger partial charge in [0.2, 0.25) is 5.92 Å². The molecule has 0 aromatic carbocycles. The molecule has 0 aromatic rings. The number of rotatable bonds is 4. The molecule has 1 aliphatic carbocycles. The molecule has 3 N–H and O–H groups in total. The van der Waals surface area contributed by atoms with Gasteiger partial charge in [0.05, 0.1) is 12.6 Å². The summed E-state index contributed by atoms with van der Waals surface area (Å²) in [5, 5.41) is 9.39. The first kappa shape index (κ1) is 26.0. The highest BCUT2D eigenvalue weighted by molar-refractivity contribution is 5.91. The number of carbonyl (C=O) groups is 1. The van der Waals surface area contributed by atoms with Crippen LogP contribution in [-0.2, 0) is 4.79 Å². The Labute approximate surface area is 175 Å². The molecule has 2 aliphatic rings. The van der Waals surface area contributed by atoms with E-state index in [1.54, 1.807) is 7.05 Å². The number of halogens is 4. The highest BCUT2D eigenvalue weighted by Crippen LogP contribution is 2.42. The summed E-state index contributed by atoms with van der Waals surface area (Å²) < 4.78 is 52.8. The molecular formula is C21H33F4N3O2. The number of aliphatic hydroxyl groups is 1. The van der Waals surface area contributed by atoms with Gasteiger partial charge in [-0.15, -0.1) is 0 Å². The van der Waals surface area contributed by atoms with Crippen molar-refractivity contribution in [1.82, 2.24) is 4.90 Å². The molecule has 1 heterocycles. The van der Waals surface area contributed by atoms with Crippen LogP contribution in [0.4, 0.5) is 17.6 Å². The van der Waals surface area contributed by atoms with Gasteiger partial charge in [0.1, 0.15) is 17.9 Å². The zero-order valence-electron chi connectivity index (χ0n) is 18.1. The maximum absolute atomic E-state index is 13.3. The van der Waals surface area contributed by atoms with E-state index in [0.717, 1.165) is 0 Å². The second kappa shape index (κ2) is 9.83. The van der Waals surface area contributed by atoms with Crippen molar-refractivity contribution >= 4 is 12.1 Å². The average Bonchev–Trinajstić information content (AvgIpc) is 2.95. The monoisotopic (exact) mass is 435 g/mol. The molecular weight excluding hydrogens is 402 g/mol. The number of hydrogen-bond acceptors (Lipinski definition) is 4. The van der Waals surface area contributed by atoms with Crippen LogP contribution in [0.3, 0.4) is 0 Å². The smallest absolute Gasteiger partial charge is 0.267 e. The summed E-state index contributed by atoms with van der Waals surface area (Å²) >= 11 is 0. The predicted octanol–water partition coefficient (Wildman–Crippen LogP) is 4.70. The van der Waals surface area contributed by atoms with Gasteiger partial charge in [0, 0.05) is 43.5 Å². The lowest BCUT2D eigenvalue weighted by molar-refractivity contribution is -0.111. The van der Waals surface area contributed by atoms with Crippen LogP contribution >= 0.6 is 0 Å². The van der Waals surface area contributed by atoms with Gasteiger partial charge in [-0.3, -0.25) is 4.99 Å². The maximum Gasteiger partial charge on any atom is 0.267 e. The van der Waals surface area contributed by atoms with E-state index in [9.17, 15) is 27.5 Å². The van der Waals surface area contributed by atoms with Gasteiger partial charge in [0.25, 0.3) is 5.92 Å². The van der Waals surface area contributed by atoms with Crippen molar-refractivity contribution in [2.24, 2.45) is 22.1 Å². The molecule has 1 saturated carbocycles. The molecule has 1 atom stereocenters. The van der Waals surface area contributed by atoms with Crippen LogP contribution in [0.2, 0.25) is 0 Å². The SMILES string of the molecule is C=C(C1CCC(F)(F)CC1)N1CC(F)(F)C[C@H]1C=O.CN=C(N)/C=C(\O)C(C)(C)C. The molecule has 0 amide bonds. The normalized spacial score (nSPS) is 24.8. The van der Waals surface area contributed by atoms with Crippen molar-refractivity contribution in [3.05, 3.63) is 24.1 Å². The lowest BCUT2D eigenvalue weighted by atomic mass is 9.84. The lowest BCUT2D eigenvalue weighted by Crippen LogP contribution is -2.36. The van der Waals surface area contributed by atoms with E-state index in [2.05, 4.69) is 11.6 Å². The number of hydrogen-bond donors (Lipinski definition) is 2. The zero-order chi connectivity index (χ0) is 23.3. The second-order valence-electron chi connectivity index (χ2n) is 8.94. The van der Waals surface area contributed by atoms with Crippen LogP contribution in [0.25, 0.3) is 0 Å². The first-order chi connectivity index (χ1) is 13.6. The van der Waals surface area contributed by atoms with E-state index in [1.807, 2.05) is 20.8 Å². The van der Waals surface area contributed by atoms with Gasteiger partial charge in [0.15, 0.2) is 0 Å². The third-order valence-corrected chi connectivity index (χ3v) is 5.34. The Kier molecular flexibility index (Phi) is 8.51. The van der Waals surface area contributed by atoms with Gasteiger partial charge in [-0.2, -0.15) is 0 Å². The molecule has 172 valence electrons. The lowest BCUT2D eigenvalue weighted by Gasteiger charge is -2.35. The van der Waals surface area contributed by atoms with Crippen LogP contribution < -0.4 is 5.73 Å². The Balaban J connectivity index is 0.000000352. The summed E-state index contributed by atoms with van der Waals surface area (Å²) in [6, 6.07) is -0.884. The molecule has 0 radical (unpaired) electrons. The Bertz CT molecular complexity index is 674. The standard InChI is InChI=1S/C13H17F4NO.C8H16N2O/c1-9(10-2-4-12(14,15)5-3-10)18-8-13(16,17)6-11(18)7-19;1-8(2,3)6(11)5-7(9)10-4/h7,10-11H,1-6,8H2;5,11H,1-4H3,(H2,9,10)/b;6-5-/t11-;/m0./s1. The number of aldehydes is 1. The minimum Gasteiger partial charge on any atom is -0.512 e. The third kappa shape index (κ3) is 7.65. The number of likely N-dealkylation sites (tertiary alicyclic amines) is 1. The van der Waals surface area contributed by atoms with Crippen molar-refractivity contribution < 1.29 is 27.5 Å². The second-order valence-corrected chi connectivity index (χ2v) is 8.94. The minimum absolute atomic E-state index is 0.226. The highest BCUT2D eigenvalue weighted by atomic mass is 19.3. The molecule has 0 spiro atoms. The minimum atomic E-state index is -2.91. The number of carbonyl (C=O) groups excluding carboxylic acids is 1. The number of nitrogens with two attached hydrogens (primary N) is 1. The van der Waals surface area contributed by atoms with E-state index >= 15 is 0 Å². The van der Waals surface area contributed by atoms with Crippen LogP contribution in [0.1, 0.15) is 52.9 Å². The van der Waals surface area contributed by atoms with Crippen molar-refractivity contribution in [2.45, 2.75) is 70.8 Å². The number of aliphatic imine (C=N–C) groups is 1. The number of alkyl halides is 4. The summed E-state index contributed by atoms with van der Waals surface area (Å²) in [6.45, 7) is 8.93. The number of aliphatic hydroxyl groups excluding tert-OH is 1. The Hall–Kier alpha value is -2.06. The highest BCUT2D eigenvalue weighted by Gasteiger charge is 2.47. The van der Waals surface area contributed by atoms with Gasteiger partial charge in [-0.1, -0.05) is 27.4 Å². The van der Waals surface area contributed by atoms with Crippen molar-refractivity contribution in [3.63, 3.8) is 0 Å². The number of nitrogens with zero attached hydrogens (tertiary/aromatic N) is 2. The molecule has 2 fully saturated rings. The number of allylic oxidation sites excluding steroid dienone is 2. The molecule has 30 heavy (non-hydrogen) atoms. The topological polar surface area (TPSA) is 78.9 Å². The number of amidine groups is 1. The third-order valence-electron chi connectivity index (χ3n) is 5.34. The molecule has 0 bridgehead atoms. The van der Waals surface area contributed by atoms with E-state index < -0.39 is 30.9 Å². The van der Waals surface area contributed by atoms with Gasteiger partial charge < -0.3 is 20.5 Å². The Morgan fingerprint density at radius 1 is 1.20 bits per heavy atom. The van der Waals surface area contributed by atoms with Crippen molar-refractivity contribution in [1.29, 1.82) is 0 Å².